The second kappa shape index (κ2) is 12.0. The van der Waals surface area contributed by atoms with E-state index in [2.05, 4.69) is 26.9 Å². The Hall–Kier alpha value is -2.41. The maximum atomic E-state index is 10.6. The van der Waals surface area contributed by atoms with Crippen molar-refractivity contribution in [3.63, 3.8) is 0 Å². The number of alkyl halides is 6. The molecule has 198 valence electrons. The number of halogens is 6. The molecule has 3 fully saturated rings. The number of carboxylic acids is 2. The zero-order valence-electron chi connectivity index (χ0n) is 19.0. The van der Waals surface area contributed by atoms with Gasteiger partial charge in [-0.3, -0.25) is 14.8 Å². The topological polar surface area (TPSA) is 94.0 Å². The van der Waals surface area contributed by atoms with Gasteiger partial charge in [0.25, 0.3) is 0 Å². The SMILES string of the molecule is O=C(O)C(F)(F)F.O=C(O)C(F)(F)F.c1cncc(CN2CCC3(CCCN3CC3CC3)CC2)c1. The molecule has 0 bridgehead atoms. The molecule has 0 radical (unpaired) electrons. The van der Waals surface area contributed by atoms with Crippen LogP contribution in [0.25, 0.3) is 0 Å². The molecular weight excluding hydrogens is 484 g/mol. The van der Waals surface area contributed by atoms with Crippen LogP contribution in [0.5, 0.6) is 0 Å². The zero-order valence-corrected chi connectivity index (χ0v) is 19.0. The molecule has 2 saturated heterocycles. The summed E-state index contributed by atoms with van der Waals surface area (Å²) in [7, 11) is 0. The molecule has 2 aliphatic heterocycles. The first-order chi connectivity index (χ1) is 16.2. The molecule has 0 amide bonds. The highest BCUT2D eigenvalue weighted by atomic mass is 19.4. The van der Waals surface area contributed by atoms with E-state index in [1.54, 1.807) is 0 Å². The summed E-state index contributed by atoms with van der Waals surface area (Å²) >= 11 is 0. The molecular formula is C22H29F6N3O4. The van der Waals surface area contributed by atoms with E-state index in [0.29, 0.717) is 5.54 Å². The number of aromatic nitrogens is 1. The van der Waals surface area contributed by atoms with Crippen LogP contribution >= 0.6 is 0 Å². The highest BCUT2D eigenvalue weighted by molar-refractivity contribution is 5.73. The number of hydrogen-bond donors (Lipinski definition) is 2. The number of carboxylic acid groups (broad SMARTS) is 2. The Balaban J connectivity index is 0.000000257. The molecule has 0 unspecified atom stereocenters. The second-order valence-corrected chi connectivity index (χ2v) is 8.96. The number of pyridine rings is 1. The first-order valence-electron chi connectivity index (χ1n) is 11.2. The lowest BCUT2D eigenvalue weighted by Crippen LogP contribution is -2.52. The van der Waals surface area contributed by atoms with Crippen molar-refractivity contribution in [3.05, 3.63) is 30.1 Å². The van der Waals surface area contributed by atoms with Crippen molar-refractivity contribution >= 4 is 11.9 Å². The highest BCUT2D eigenvalue weighted by Crippen LogP contribution is 2.41. The van der Waals surface area contributed by atoms with Crippen LogP contribution in [0.4, 0.5) is 26.3 Å². The van der Waals surface area contributed by atoms with Gasteiger partial charge in [-0.2, -0.15) is 26.3 Å². The van der Waals surface area contributed by atoms with E-state index in [9.17, 15) is 26.3 Å². The minimum Gasteiger partial charge on any atom is -0.475 e. The van der Waals surface area contributed by atoms with Crippen molar-refractivity contribution in [1.29, 1.82) is 0 Å². The first-order valence-corrected chi connectivity index (χ1v) is 11.2. The number of nitrogens with zero attached hydrogens (tertiary/aromatic N) is 3. The molecule has 1 saturated carbocycles. The van der Waals surface area contributed by atoms with Crippen LogP contribution in [0.15, 0.2) is 24.5 Å². The third-order valence-corrected chi connectivity index (χ3v) is 6.32. The largest absolute Gasteiger partial charge is 0.490 e. The third-order valence-electron chi connectivity index (χ3n) is 6.32. The summed E-state index contributed by atoms with van der Waals surface area (Å²) in [5.41, 5.74) is 1.92. The van der Waals surface area contributed by atoms with Crippen molar-refractivity contribution in [1.82, 2.24) is 14.8 Å². The van der Waals surface area contributed by atoms with Crippen molar-refractivity contribution in [2.75, 3.05) is 26.2 Å². The molecule has 3 heterocycles. The Labute approximate surface area is 198 Å². The van der Waals surface area contributed by atoms with Crippen molar-refractivity contribution < 1.29 is 46.1 Å². The fourth-order valence-corrected chi connectivity index (χ4v) is 4.33. The van der Waals surface area contributed by atoms with E-state index in [1.807, 2.05) is 12.4 Å². The van der Waals surface area contributed by atoms with Gasteiger partial charge >= 0.3 is 24.3 Å². The summed E-state index contributed by atoms with van der Waals surface area (Å²) in [6, 6.07) is 4.25. The van der Waals surface area contributed by atoms with E-state index >= 15 is 0 Å². The first kappa shape index (κ1) is 28.8. The van der Waals surface area contributed by atoms with Crippen molar-refractivity contribution in [2.45, 2.75) is 63.0 Å². The van der Waals surface area contributed by atoms with Gasteiger partial charge in [-0.1, -0.05) is 6.07 Å². The monoisotopic (exact) mass is 513 g/mol. The molecule has 1 aliphatic carbocycles. The van der Waals surface area contributed by atoms with Crippen LogP contribution in [0, 0.1) is 5.92 Å². The van der Waals surface area contributed by atoms with Gasteiger partial charge in [-0.25, -0.2) is 9.59 Å². The number of piperidine rings is 1. The van der Waals surface area contributed by atoms with E-state index < -0.39 is 24.3 Å². The van der Waals surface area contributed by atoms with Crippen LogP contribution in [0.2, 0.25) is 0 Å². The number of likely N-dealkylation sites (tertiary alicyclic amines) is 2. The Morgan fingerprint density at radius 1 is 0.971 bits per heavy atom. The van der Waals surface area contributed by atoms with Gasteiger partial charge in [0.2, 0.25) is 0 Å². The molecule has 7 nitrogen and oxygen atoms in total. The summed E-state index contributed by atoms with van der Waals surface area (Å²) in [5.74, 6) is -4.48. The Kier molecular flexibility index (Phi) is 9.90. The van der Waals surface area contributed by atoms with E-state index in [-0.39, 0.29) is 0 Å². The number of aliphatic carboxylic acids is 2. The molecule has 1 spiro atoms. The second-order valence-electron chi connectivity index (χ2n) is 8.96. The molecule has 3 aliphatic rings. The maximum absolute atomic E-state index is 10.6. The Morgan fingerprint density at radius 2 is 1.51 bits per heavy atom. The van der Waals surface area contributed by atoms with Gasteiger partial charge in [-0.05, 0) is 62.6 Å². The van der Waals surface area contributed by atoms with Crippen LogP contribution in [0.3, 0.4) is 0 Å². The minimum absolute atomic E-state index is 0.564. The van der Waals surface area contributed by atoms with E-state index in [4.69, 9.17) is 19.8 Å². The van der Waals surface area contributed by atoms with Crippen LogP contribution in [0.1, 0.15) is 44.1 Å². The molecule has 0 atom stereocenters. The normalized spacial score (nSPS) is 20.4. The predicted molar refractivity (Wildman–Crippen MR) is 112 cm³/mol. The quantitative estimate of drug-likeness (QED) is 0.584. The van der Waals surface area contributed by atoms with Gasteiger partial charge in [0.15, 0.2) is 0 Å². The minimum atomic E-state index is -5.08. The average molecular weight is 513 g/mol. The summed E-state index contributed by atoms with van der Waals surface area (Å²) in [6.07, 6.45) is 2.30. The molecule has 13 heteroatoms. The van der Waals surface area contributed by atoms with Crippen LogP contribution < -0.4 is 0 Å². The lowest BCUT2D eigenvalue weighted by atomic mass is 9.84. The highest BCUT2D eigenvalue weighted by Gasteiger charge is 2.44. The molecule has 0 aromatic carbocycles. The Morgan fingerprint density at radius 3 is 1.94 bits per heavy atom. The number of carbonyl (C=O) groups is 2. The van der Waals surface area contributed by atoms with Crippen LogP contribution in [-0.4, -0.2) is 81.0 Å². The van der Waals surface area contributed by atoms with Crippen molar-refractivity contribution in [3.8, 4) is 0 Å². The number of rotatable bonds is 4. The summed E-state index contributed by atoms with van der Waals surface area (Å²) in [4.78, 5) is 27.5. The van der Waals surface area contributed by atoms with Crippen molar-refractivity contribution in [2.24, 2.45) is 5.92 Å². The lowest BCUT2D eigenvalue weighted by Gasteiger charge is -2.45. The van der Waals surface area contributed by atoms with Gasteiger partial charge in [0.05, 0.1) is 0 Å². The standard InChI is InChI=1S/C18H27N3.2C2HF3O2/c1-3-17(13-19-9-1)14-20-11-7-18(8-12-20)6-2-10-21(18)15-16-4-5-16;2*3-2(4,5)1(6)7/h1,3,9,13,16H,2,4-8,10-12,14-15H2;2*(H,6,7). The third kappa shape index (κ3) is 9.63. The van der Waals surface area contributed by atoms with Gasteiger partial charge in [0.1, 0.15) is 0 Å². The summed E-state index contributed by atoms with van der Waals surface area (Å²) in [6.45, 7) is 6.35. The van der Waals surface area contributed by atoms with Gasteiger partial charge in [0, 0.05) is 44.1 Å². The van der Waals surface area contributed by atoms with E-state index in [1.165, 1.54) is 70.3 Å². The Bertz CT molecular complexity index is 799. The lowest BCUT2D eigenvalue weighted by molar-refractivity contribution is -0.193. The summed E-state index contributed by atoms with van der Waals surface area (Å²) < 4.78 is 63.5. The van der Waals surface area contributed by atoms with Crippen LogP contribution in [-0.2, 0) is 16.1 Å². The average Bonchev–Trinajstić information content (AvgIpc) is 3.51. The zero-order chi connectivity index (χ0) is 26.3. The van der Waals surface area contributed by atoms with Gasteiger partial charge in [-0.15, -0.1) is 0 Å². The molecule has 2 N–H and O–H groups in total. The molecule has 35 heavy (non-hydrogen) atoms. The predicted octanol–water partition coefficient (Wildman–Crippen LogP) is 4.19. The number of hydrogen-bond acceptors (Lipinski definition) is 5. The fourth-order valence-electron chi connectivity index (χ4n) is 4.33. The molecule has 4 rings (SSSR count). The fraction of sp³-hybridized carbons (Fsp3) is 0.682. The summed E-state index contributed by atoms with van der Waals surface area (Å²) in [5, 5.41) is 14.2. The molecule has 1 aromatic heterocycles. The smallest absolute Gasteiger partial charge is 0.475 e. The van der Waals surface area contributed by atoms with Gasteiger partial charge < -0.3 is 10.2 Å². The van der Waals surface area contributed by atoms with E-state index in [0.717, 1.165) is 12.5 Å². The maximum Gasteiger partial charge on any atom is 0.490 e. The molecule has 1 aromatic rings.